The van der Waals surface area contributed by atoms with Crippen LogP contribution in [0.25, 0.3) is 0 Å². The zero-order valence-electron chi connectivity index (χ0n) is 18.7. The molecule has 2 aromatic rings. The van der Waals surface area contributed by atoms with E-state index < -0.39 is 5.97 Å². The molecule has 0 spiro atoms. The molecule has 3 aliphatic rings. The first-order valence-corrected chi connectivity index (χ1v) is 12.7. The normalized spacial score (nSPS) is 27.9. The zero-order valence-corrected chi connectivity index (χ0v) is 20.3. The molecule has 7 heteroatoms. The van der Waals surface area contributed by atoms with Crippen molar-refractivity contribution in [3.05, 3.63) is 57.6 Å². The molecule has 6 nitrogen and oxygen atoms in total. The van der Waals surface area contributed by atoms with Crippen molar-refractivity contribution in [3.8, 4) is 11.5 Å². The number of hydrogen-bond acceptors (Lipinski definition) is 5. The molecule has 33 heavy (non-hydrogen) atoms. The molecule has 1 aliphatic heterocycles. The number of nitrogens with two attached hydrogens (primary N) is 1. The highest BCUT2D eigenvalue weighted by atomic mass is 79.9. The number of benzene rings is 2. The molecule has 1 saturated heterocycles. The third-order valence-electron chi connectivity index (χ3n) is 7.77. The molecular weight excluding hydrogens is 484 g/mol. The van der Waals surface area contributed by atoms with Gasteiger partial charge < -0.3 is 25.6 Å². The van der Waals surface area contributed by atoms with Crippen LogP contribution in [0.1, 0.15) is 42.4 Å². The summed E-state index contributed by atoms with van der Waals surface area (Å²) in [5.74, 6) is 0.727. The van der Waals surface area contributed by atoms with Gasteiger partial charge in [0, 0.05) is 18.6 Å². The SMILES string of the molecule is NCCOc1c(OCc2ccccc2)cc2c(c1Br)CC1C(C(=O)O)CNC23CCCCC13. The molecule has 1 heterocycles. The second kappa shape index (κ2) is 9.28. The van der Waals surface area contributed by atoms with E-state index in [1.165, 1.54) is 5.56 Å². The monoisotopic (exact) mass is 514 g/mol. The third-order valence-corrected chi connectivity index (χ3v) is 8.61. The number of hydrogen-bond donors (Lipinski definition) is 3. The largest absolute Gasteiger partial charge is 0.487 e. The minimum atomic E-state index is -0.700. The Morgan fingerprint density at radius 1 is 1.24 bits per heavy atom. The van der Waals surface area contributed by atoms with E-state index in [4.69, 9.17) is 15.2 Å². The Morgan fingerprint density at radius 2 is 2.06 bits per heavy atom. The standard InChI is InChI=1S/C26H31BrN2O4/c27-23-18-12-17-19(25(30)31)14-29-26(9-5-4-8-20(17)26)21(18)13-22(24(23)32-11-10-28)33-15-16-6-2-1-3-7-16/h1-3,6-7,13,17,19-20,29H,4-5,8-12,14-15,28H2,(H,30,31). The smallest absolute Gasteiger partial charge is 0.308 e. The topological polar surface area (TPSA) is 93.8 Å². The quantitative estimate of drug-likeness (QED) is 0.511. The van der Waals surface area contributed by atoms with E-state index >= 15 is 0 Å². The average molecular weight is 515 g/mol. The van der Waals surface area contributed by atoms with Gasteiger partial charge in [-0.05, 0) is 69.8 Å². The minimum Gasteiger partial charge on any atom is -0.487 e. The molecule has 4 atom stereocenters. The number of rotatable bonds is 7. The fourth-order valence-corrected chi connectivity index (χ4v) is 7.01. The van der Waals surface area contributed by atoms with Gasteiger partial charge in [-0.2, -0.15) is 0 Å². The van der Waals surface area contributed by atoms with Crippen molar-refractivity contribution >= 4 is 21.9 Å². The Bertz CT molecular complexity index is 1030. The van der Waals surface area contributed by atoms with Gasteiger partial charge >= 0.3 is 5.97 Å². The molecule has 0 aromatic heterocycles. The summed E-state index contributed by atoms with van der Waals surface area (Å²) in [6, 6.07) is 12.2. The number of halogens is 1. The van der Waals surface area contributed by atoms with Crippen molar-refractivity contribution in [3.63, 3.8) is 0 Å². The summed E-state index contributed by atoms with van der Waals surface area (Å²) in [7, 11) is 0. The summed E-state index contributed by atoms with van der Waals surface area (Å²) in [6.45, 7) is 1.74. The maximum absolute atomic E-state index is 12.1. The Balaban J connectivity index is 1.59. The molecule has 4 unspecified atom stereocenters. The van der Waals surface area contributed by atoms with E-state index in [0.717, 1.165) is 47.7 Å². The van der Waals surface area contributed by atoms with Crippen LogP contribution in [-0.2, 0) is 23.4 Å². The van der Waals surface area contributed by atoms with Gasteiger partial charge in [0.15, 0.2) is 11.5 Å². The van der Waals surface area contributed by atoms with Gasteiger partial charge in [-0.25, -0.2) is 0 Å². The number of carboxylic acids is 1. The molecule has 2 fully saturated rings. The molecule has 1 saturated carbocycles. The van der Waals surface area contributed by atoms with E-state index in [1.54, 1.807) is 0 Å². The van der Waals surface area contributed by atoms with E-state index in [-0.39, 0.29) is 17.4 Å². The molecule has 5 rings (SSSR count). The maximum Gasteiger partial charge on any atom is 0.308 e. The van der Waals surface area contributed by atoms with E-state index in [0.29, 0.717) is 43.7 Å². The van der Waals surface area contributed by atoms with E-state index in [9.17, 15) is 9.90 Å². The Morgan fingerprint density at radius 3 is 2.82 bits per heavy atom. The average Bonchev–Trinajstić information content (AvgIpc) is 2.83. The first-order valence-electron chi connectivity index (χ1n) is 11.9. The lowest BCUT2D eigenvalue weighted by molar-refractivity contribution is -0.148. The predicted octanol–water partition coefficient (Wildman–Crippen LogP) is 4.23. The molecule has 2 aliphatic carbocycles. The molecule has 2 bridgehead atoms. The van der Waals surface area contributed by atoms with Crippen LogP contribution in [0.2, 0.25) is 0 Å². The van der Waals surface area contributed by atoms with Crippen molar-refractivity contribution in [1.29, 1.82) is 0 Å². The first-order chi connectivity index (χ1) is 16.0. The third kappa shape index (κ3) is 3.94. The van der Waals surface area contributed by atoms with E-state index in [2.05, 4.69) is 27.3 Å². The highest BCUT2D eigenvalue weighted by Gasteiger charge is 2.56. The minimum absolute atomic E-state index is 0.117. The van der Waals surface area contributed by atoms with Gasteiger partial charge in [0.1, 0.15) is 13.2 Å². The Hall–Kier alpha value is -2.09. The summed E-state index contributed by atoms with van der Waals surface area (Å²) in [6.07, 6.45) is 5.10. The van der Waals surface area contributed by atoms with Crippen molar-refractivity contribution in [2.45, 2.75) is 44.2 Å². The van der Waals surface area contributed by atoms with Crippen LogP contribution in [0.5, 0.6) is 11.5 Å². The van der Waals surface area contributed by atoms with Crippen LogP contribution in [-0.4, -0.2) is 30.8 Å². The zero-order chi connectivity index (χ0) is 23.0. The highest BCUT2D eigenvalue weighted by Crippen LogP contribution is 2.58. The fraction of sp³-hybridized carbons (Fsp3) is 0.500. The Kier molecular flexibility index (Phi) is 6.38. The molecule has 4 N–H and O–H groups in total. The molecule has 2 aromatic carbocycles. The number of nitrogens with one attached hydrogen (secondary N) is 1. The number of carboxylic acid groups (broad SMARTS) is 1. The number of ether oxygens (including phenoxy) is 2. The van der Waals surface area contributed by atoms with Crippen LogP contribution < -0.4 is 20.5 Å². The summed E-state index contributed by atoms with van der Waals surface area (Å²) in [5, 5.41) is 13.7. The Labute approximate surface area is 203 Å². The summed E-state index contributed by atoms with van der Waals surface area (Å²) in [4.78, 5) is 12.1. The summed E-state index contributed by atoms with van der Waals surface area (Å²) < 4.78 is 13.3. The van der Waals surface area contributed by atoms with Crippen LogP contribution in [0.15, 0.2) is 40.9 Å². The molecule has 0 amide bonds. The summed E-state index contributed by atoms with van der Waals surface area (Å²) >= 11 is 3.83. The lowest BCUT2D eigenvalue weighted by atomic mass is 9.53. The second-order valence-electron chi connectivity index (χ2n) is 9.47. The molecular formula is C26H31BrN2O4. The second-order valence-corrected chi connectivity index (χ2v) is 10.3. The van der Waals surface area contributed by atoms with Gasteiger partial charge in [-0.15, -0.1) is 0 Å². The number of carbonyl (C=O) groups is 1. The number of aliphatic carboxylic acids is 1. The van der Waals surface area contributed by atoms with Gasteiger partial charge in [0.05, 0.1) is 10.4 Å². The molecule has 0 radical (unpaired) electrons. The van der Waals surface area contributed by atoms with Crippen molar-refractivity contribution in [1.82, 2.24) is 5.32 Å². The summed E-state index contributed by atoms with van der Waals surface area (Å²) in [5.41, 5.74) is 9.00. The van der Waals surface area contributed by atoms with Crippen LogP contribution in [0, 0.1) is 17.8 Å². The first kappa shape index (κ1) is 22.7. The van der Waals surface area contributed by atoms with Crippen molar-refractivity contribution < 1.29 is 19.4 Å². The van der Waals surface area contributed by atoms with Crippen molar-refractivity contribution in [2.24, 2.45) is 23.5 Å². The molecule has 176 valence electrons. The fourth-order valence-electron chi connectivity index (χ4n) is 6.33. The predicted molar refractivity (Wildman–Crippen MR) is 129 cm³/mol. The lowest BCUT2D eigenvalue weighted by Crippen LogP contribution is -2.64. The van der Waals surface area contributed by atoms with Gasteiger partial charge in [-0.3, -0.25) is 4.79 Å². The number of piperidine rings is 1. The maximum atomic E-state index is 12.1. The van der Waals surface area contributed by atoms with Gasteiger partial charge in [-0.1, -0.05) is 43.2 Å². The van der Waals surface area contributed by atoms with Crippen LogP contribution in [0.4, 0.5) is 0 Å². The lowest BCUT2D eigenvalue weighted by Gasteiger charge is -2.57. The van der Waals surface area contributed by atoms with Crippen LogP contribution >= 0.6 is 15.9 Å². The van der Waals surface area contributed by atoms with Gasteiger partial charge in [0.2, 0.25) is 0 Å². The van der Waals surface area contributed by atoms with E-state index in [1.807, 2.05) is 30.3 Å². The number of fused-ring (bicyclic) bond motifs is 1. The van der Waals surface area contributed by atoms with Crippen LogP contribution in [0.3, 0.4) is 0 Å². The highest BCUT2D eigenvalue weighted by molar-refractivity contribution is 9.10. The van der Waals surface area contributed by atoms with Gasteiger partial charge in [0.25, 0.3) is 0 Å². The van der Waals surface area contributed by atoms with Crippen molar-refractivity contribution in [2.75, 3.05) is 19.7 Å².